The molecule has 0 saturated carbocycles. The van der Waals surface area contributed by atoms with Crippen LogP contribution in [0.4, 0.5) is 5.69 Å². The van der Waals surface area contributed by atoms with Gasteiger partial charge in [0.15, 0.2) is 0 Å². The summed E-state index contributed by atoms with van der Waals surface area (Å²) >= 11 is 0. The number of methoxy groups -OCH3 is 1. The molecule has 2 aliphatic rings. The minimum absolute atomic E-state index is 0.0261. The molecule has 0 aromatic heterocycles. The number of carbonyl (C=O) groups excluding carboxylic acids is 2. The first kappa shape index (κ1) is 21.4. The maximum absolute atomic E-state index is 13.4. The van der Waals surface area contributed by atoms with Crippen LogP contribution < -0.4 is 10.1 Å². The van der Waals surface area contributed by atoms with Crippen molar-refractivity contribution in [3.63, 3.8) is 0 Å². The van der Waals surface area contributed by atoms with Crippen LogP contribution >= 0.6 is 0 Å². The van der Waals surface area contributed by atoms with E-state index in [1.54, 1.807) is 7.11 Å². The molecule has 4 rings (SSSR count). The lowest BCUT2D eigenvalue weighted by Crippen LogP contribution is -2.44. The normalized spacial score (nSPS) is 17.9. The molecule has 2 aromatic rings. The van der Waals surface area contributed by atoms with Crippen LogP contribution in [0.5, 0.6) is 5.75 Å². The second kappa shape index (κ2) is 9.52. The fourth-order valence-electron chi connectivity index (χ4n) is 4.49. The Morgan fingerprint density at radius 1 is 1.00 bits per heavy atom. The number of nitrogens with zero attached hydrogens (tertiary/aromatic N) is 1. The SMILES string of the molecule is COc1ccc(C2(C(=O)Nc3ccc(CC(=O)N4CCCC4)cc3)CCOCC2)cc1. The van der Waals surface area contributed by atoms with E-state index in [1.807, 2.05) is 53.4 Å². The quantitative estimate of drug-likeness (QED) is 0.773. The van der Waals surface area contributed by atoms with E-state index in [9.17, 15) is 9.59 Å². The van der Waals surface area contributed by atoms with Gasteiger partial charge in [-0.3, -0.25) is 9.59 Å². The molecule has 0 aliphatic carbocycles. The van der Waals surface area contributed by atoms with Crippen molar-refractivity contribution in [3.05, 3.63) is 59.7 Å². The second-order valence-corrected chi connectivity index (χ2v) is 8.34. The Bertz CT molecular complexity index is 896. The Balaban J connectivity index is 1.46. The lowest BCUT2D eigenvalue weighted by Gasteiger charge is -2.36. The van der Waals surface area contributed by atoms with Gasteiger partial charge in [0.1, 0.15) is 5.75 Å². The molecule has 164 valence electrons. The Labute approximate surface area is 183 Å². The molecule has 0 bridgehead atoms. The number of benzene rings is 2. The number of hydrogen-bond donors (Lipinski definition) is 1. The zero-order valence-electron chi connectivity index (χ0n) is 18.1. The number of likely N-dealkylation sites (tertiary alicyclic amines) is 1. The van der Waals surface area contributed by atoms with Crippen LogP contribution in [-0.4, -0.2) is 50.1 Å². The first-order chi connectivity index (χ1) is 15.1. The van der Waals surface area contributed by atoms with Crippen molar-refractivity contribution in [3.8, 4) is 5.75 Å². The number of amides is 2. The predicted octanol–water partition coefficient (Wildman–Crippen LogP) is 3.55. The van der Waals surface area contributed by atoms with Crippen LogP contribution in [0.25, 0.3) is 0 Å². The van der Waals surface area contributed by atoms with E-state index in [0.717, 1.165) is 48.5 Å². The highest BCUT2D eigenvalue weighted by Gasteiger charge is 2.41. The van der Waals surface area contributed by atoms with Crippen LogP contribution in [-0.2, 0) is 26.2 Å². The van der Waals surface area contributed by atoms with E-state index in [2.05, 4.69) is 5.32 Å². The van der Waals surface area contributed by atoms with Crippen LogP contribution in [0.1, 0.15) is 36.8 Å². The summed E-state index contributed by atoms with van der Waals surface area (Å²) < 4.78 is 10.8. The third-order valence-electron chi connectivity index (χ3n) is 6.45. The smallest absolute Gasteiger partial charge is 0.235 e. The molecule has 1 N–H and O–H groups in total. The largest absolute Gasteiger partial charge is 0.497 e. The van der Waals surface area contributed by atoms with Crippen LogP contribution in [0.2, 0.25) is 0 Å². The third kappa shape index (κ3) is 4.74. The Morgan fingerprint density at radius 3 is 2.26 bits per heavy atom. The van der Waals surface area contributed by atoms with Gasteiger partial charge < -0.3 is 19.7 Å². The highest BCUT2D eigenvalue weighted by atomic mass is 16.5. The van der Waals surface area contributed by atoms with E-state index >= 15 is 0 Å². The average molecular weight is 423 g/mol. The minimum atomic E-state index is -0.630. The topological polar surface area (TPSA) is 67.9 Å². The van der Waals surface area contributed by atoms with Crippen molar-refractivity contribution in [2.24, 2.45) is 0 Å². The lowest BCUT2D eigenvalue weighted by molar-refractivity contribution is -0.129. The summed E-state index contributed by atoms with van der Waals surface area (Å²) in [6.07, 6.45) is 3.86. The van der Waals surface area contributed by atoms with E-state index in [0.29, 0.717) is 32.5 Å². The van der Waals surface area contributed by atoms with Crippen molar-refractivity contribution in [1.82, 2.24) is 4.90 Å². The molecular formula is C25H30N2O4. The van der Waals surface area contributed by atoms with Gasteiger partial charge >= 0.3 is 0 Å². The minimum Gasteiger partial charge on any atom is -0.497 e. The van der Waals surface area contributed by atoms with Crippen molar-refractivity contribution in [2.75, 3.05) is 38.7 Å². The summed E-state index contributed by atoms with van der Waals surface area (Å²) in [4.78, 5) is 27.7. The molecule has 0 atom stereocenters. The maximum Gasteiger partial charge on any atom is 0.235 e. The molecule has 2 heterocycles. The molecule has 6 heteroatoms. The molecule has 2 fully saturated rings. The van der Waals surface area contributed by atoms with Gasteiger partial charge in [0.25, 0.3) is 0 Å². The van der Waals surface area contributed by atoms with E-state index in [4.69, 9.17) is 9.47 Å². The Morgan fingerprint density at radius 2 is 1.65 bits per heavy atom. The summed E-state index contributed by atoms with van der Waals surface area (Å²) in [7, 11) is 1.63. The van der Waals surface area contributed by atoms with Gasteiger partial charge in [-0.15, -0.1) is 0 Å². The standard InChI is InChI=1S/C25H30N2O4/c1-30-22-10-6-20(7-11-22)25(12-16-31-17-13-25)24(29)26-21-8-4-19(5-9-21)18-23(28)27-14-2-3-15-27/h4-11H,2-3,12-18H2,1H3,(H,26,29). The molecule has 6 nitrogen and oxygen atoms in total. The van der Waals surface area contributed by atoms with Crippen LogP contribution in [0.15, 0.2) is 48.5 Å². The molecule has 2 aliphatic heterocycles. The fraction of sp³-hybridized carbons (Fsp3) is 0.440. The predicted molar refractivity (Wildman–Crippen MR) is 119 cm³/mol. The molecule has 31 heavy (non-hydrogen) atoms. The van der Waals surface area contributed by atoms with E-state index < -0.39 is 5.41 Å². The Kier molecular flexibility index (Phi) is 6.56. The highest BCUT2D eigenvalue weighted by molar-refractivity contribution is 5.99. The van der Waals surface area contributed by atoms with Crippen molar-refractivity contribution < 1.29 is 19.1 Å². The van der Waals surface area contributed by atoms with E-state index in [1.165, 1.54) is 0 Å². The van der Waals surface area contributed by atoms with Gasteiger partial charge in [0, 0.05) is 32.0 Å². The van der Waals surface area contributed by atoms with Gasteiger partial charge in [0.05, 0.1) is 18.9 Å². The number of nitrogens with one attached hydrogen (secondary N) is 1. The first-order valence-corrected chi connectivity index (χ1v) is 11.0. The van der Waals surface area contributed by atoms with Crippen molar-refractivity contribution in [1.29, 1.82) is 0 Å². The fourth-order valence-corrected chi connectivity index (χ4v) is 4.49. The van der Waals surface area contributed by atoms with Crippen molar-refractivity contribution >= 4 is 17.5 Å². The van der Waals surface area contributed by atoms with E-state index in [-0.39, 0.29) is 11.8 Å². The van der Waals surface area contributed by atoms with Gasteiger partial charge in [0.2, 0.25) is 11.8 Å². The second-order valence-electron chi connectivity index (χ2n) is 8.34. The number of ether oxygens (including phenoxy) is 2. The van der Waals surface area contributed by atoms with Crippen molar-refractivity contribution in [2.45, 2.75) is 37.5 Å². The van der Waals surface area contributed by atoms with Gasteiger partial charge in [-0.1, -0.05) is 24.3 Å². The average Bonchev–Trinajstić information content (AvgIpc) is 3.36. The summed E-state index contributed by atoms with van der Waals surface area (Å²) in [6, 6.07) is 15.3. The monoisotopic (exact) mass is 422 g/mol. The molecule has 2 saturated heterocycles. The molecule has 2 amide bonds. The first-order valence-electron chi connectivity index (χ1n) is 11.0. The summed E-state index contributed by atoms with van der Waals surface area (Å²) in [5.41, 5.74) is 2.05. The zero-order valence-corrected chi connectivity index (χ0v) is 18.1. The summed E-state index contributed by atoms with van der Waals surface area (Å²) in [5, 5.41) is 3.09. The summed E-state index contributed by atoms with van der Waals surface area (Å²) in [6.45, 7) is 2.84. The highest BCUT2D eigenvalue weighted by Crippen LogP contribution is 2.37. The molecular weight excluding hydrogens is 392 g/mol. The van der Waals surface area contributed by atoms with Gasteiger partial charge in [-0.05, 0) is 61.1 Å². The Hall–Kier alpha value is -2.86. The third-order valence-corrected chi connectivity index (χ3v) is 6.45. The lowest BCUT2D eigenvalue weighted by atomic mass is 9.73. The zero-order chi connectivity index (χ0) is 21.7. The maximum atomic E-state index is 13.4. The molecule has 0 radical (unpaired) electrons. The summed E-state index contributed by atoms with van der Waals surface area (Å²) in [5.74, 6) is 0.919. The van der Waals surface area contributed by atoms with Crippen LogP contribution in [0.3, 0.4) is 0 Å². The molecule has 0 spiro atoms. The molecule has 0 unspecified atom stereocenters. The van der Waals surface area contributed by atoms with Crippen LogP contribution in [0, 0.1) is 0 Å². The number of hydrogen-bond acceptors (Lipinski definition) is 4. The van der Waals surface area contributed by atoms with Gasteiger partial charge in [-0.2, -0.15) is 0 Å². The number of carbonyl (C=O) groups is 2. The number of anilines is 1. The van der Waals surface area contributed by atoms with Gasteiger partial charge in [-0.25, -0.2) is 0 Å². The number of rotatable bonds is 6. The molecule has 2 aromatic carbocycles.